The lowest BCUT2D eigenvalue weighted by Crippen LogP contribution is -2.29. The second-order valence-electron chi connectivity index (χ2n) is 5.12. The van der Waals surface area contributed by atoms with Crippen LogP contribution >= 0.6 is 0 Å². The zero-order chi connectivity index (χ0) is 17.3. The monoisotopic (exact) mass is 329 g/mol. The van der Waals surface area contributed by atoms with E-state index in [1.807, 2.05) is 0 Å². The van der Waals surface area contributed by atoms with Crippen molar-refractivity contribution < 1.29 is 19.1 Å². The SMILES string of the molecule is COC(=O)C1=C(C)Nc2nnnn2C1c1ccc(C(=O)OC)cc1. The highest BCUT2D eigenvalue weighted by molar-refractivity contribution is 5.92. The van der Waals surface area contributed by atoms with E-state index in [1.54, 1.807) is 31.2 Å². The minimum Gasteiger partial charge on any atom is -0.466 e. The summed E-state index contributed by atoms with van der Waals surface area (Å²) >= 11 is 0. The quantitative estimate of drug-likeness (QED) is 0.828. The molecule has 1 N–H and O–H groups in total. The van der Waals surface area contributed by atoms with Crippen molar-refractivity contribution in [3.05, 3.63) is 46.7 Å². The van der Waals surface area contributed by atoms with Crippen molar-refractivity contribution in [3.63, 3.8) is 0 Å². The zero-order valence-electron chi connectivity index (χ0n) is 13.3. The van der Waals surface area contributed by atoms with E-state index < -0.39 is 18.0 Å². The third-order valence-corrected chi connectivity index (χ3v) is 3.77. The molecule has 1 aliphatic rings. The number of ether oxygens (including phenoxy) is 2. The van der Waals surface area contributed by atoms with Gasteiger partial charge in [0.05, 0.1) is 25.4 Å². The largest absolute Gasteiger partial charge is 0.466 e. The summed E-state index contributed by atoms with van der Waals surface area (Å²) < 4.78 is 11.1. The number of anilines is 1. The maximum absolute atomic E-state index is 12.2. The van der Waals surface area contributed by atoms with E-state index in [1.165, 1.54) is 18.9 Å². The van der Waals surface area contributed by atoms with Crippen molar-refractivity contribution in [1.29, 1.82) is 0 Å². The minimum absolute atomic E-state index is 0.392. The molecule has 0 amide bonds. The molecule has 0 fully saturated rings. The van der Waals surface area contributed by atoms with Crippen molar-refractivity contribution in [2.45, 2.75) is 13.0 Å². The van der Waals surface area contributed by atoms with Gasteiger partial charge in [0.25, 0.3) is 0 Å². The molecule has 9 heteroatoms. The zero-order valence-corrected chi connectivity index (χ0v) is 13.3. The standard InChI is InChI=1S/C15H15N5O4/c1-8-11(14(22)24-3)12(20-15(16-8)17-18-19-20)9-4-6-10(7-5-9)13(21)23-2/h4-7,12H,1-3H3,(H,16,17,19). The smallest absolute Gasteiger partial charge is 0.338 e. The van der Waals surface area contributed by atoms with Gasteiger partial charge in [-0.3, -0.25) is 0 Å². The number of methoxy groups -OCH3 is 2. The third kappa shape index (κ3) is 2.49. The summed E-state index contributed by atoms with van der Waals surface area (Å²) in [6.07, 6.45) is 0. The van der Waals surface area contributed by atoms with E-state index in [2.05, 4.69) is 25.6 Å². The highest BCUT2D eigenvalue weighted by Gasteiger charge is 2.34. The Balaban J connectivity index is 2.09. The van der Waals surface area contributed by atoms with Crippen LogP contribution in [-0.2, 0) is 14.3 Å². The number of nitrogens with zero attached hydrogens (tertiary/aromatic N) is 4. The van der Waals surface area contributed by atoms with Gasteiger partial charge in [0, 0.05) is 5.70 Å². The molecule has 2 heterocycles. The first-order chi connectivity index (χ1) is 11.6. The number of nitrogens with one attached hydrogen (secondary N) is 1. The molecule has 0 saturated carbocycles. The van der Waals surface area contributed by atoms with Crippen LogP contribution in [0.15, 0.2) is 35.5 Å². The number of esters is 2. The van der Waals surface area contributed by atoms with Crippen molar-refractivity contribution >= 4 is 17.9 Å². The van der Waals surface area contributed by atoms with Gasteiger partial charge in [0.2, 0.25) is 5.95 Å². The number of benzene rings is 1. The van der Waals surface area contributed by atoms with Gasteiger partial charge >= 0.3 is 11.9 Å². The summed E-state index contributed by atoms with van der Waals surface area (Å²) in [7, 11) is 2.63. The molecule has 1 aromatic heterocycles. The summed E-state index contributed by atoms with van der Waals surface area (Å²) in [6, 6.07) is 6.14. The van der Waals surface area contributed by atoms with E-state index in [9.17, 15) is 9.59 Å². The highest BCUT2D eigenvalue weighted by Crippen LogP contribution is 2.34. The first-order valence-electron chi connectivity index (χ1n) is 7.09. The molecule has 1 aromatic carbocycles. The number of hydrogen-bond donors (Lipinski definition) is 1. The van der Waals surface area contributed by atoms with Crippen LogP contribution in [0.3, 0.4) is 0 Å². The third-order valence-electron chi connectivity index (χ3n) is 3.77. The van der Waals surface area contributed by atoms with Gasteiger partial charge in [-0.1, -0.05) is 17.2 Å². The van der Waals surface area contributed by atoms with Crippen LogP contribution in [0.25, 0.3) is 0 Å². The second kappa shape index (κ2) is 6.11. The Kier molecular flexibility index (Phi) is 3.98. The van der Waals surface area contributed by atoms with E-state index in [0.29, 0.717) is 22.8 Å². The van der Waals surface area contributed by atoms with Crippen molar-refractivity contribution in [2.75, 3.05) is 19.5 Å². The first kappa shape index (κ1) is 15.7. The van der Waals surface area contributed by atoms with Crippen LogP contribution in [0.5, 0.6) is 0 Å². The van der Waals surface area contributed by atoms with E-state index >= 15 is 0 Å². The van der Waals surface area contributed by atoms with Gasteiger partial charge < -0.3 is 14.8 Å². The molecule has 0 radical (unpaired) electrons. The summed E-state index contributed by atoms with van der Waals surface area (Å²) in [4.78, 5) is 23.8. The fourth-order valence-electron chi connectivity index (χ4n) is 2.61. The number of hydrogen-bond acceptors (Lipinski definition) is 8. The number of allylic oxidation sites excluding steroid dienone is 1. The Morgan fingerprint density at radius 3 is 2.42 bits per heavy atom. The summed E-state index contributed by atoms with van der Waals surface area (Å²) in [5, 5.41) is 14.5. The molecule has 0 spiro atoms. The topological polar surface area (TPSA) is 108 Å². The van der Waals surface area contributed by atoms with Gasteiger partial charge in [-0.25, -0.2) is 9.59 Å². The van der Waals surface area contributed by atoms with Gasteiger partial charge in [-0.2, -0.15) is 4.68 Å². The molecule has 3 rings (SSSR count). The molecule has 24 heavy (non-hydrogen) atoms. The maximum Gasteiger partial charge on any atom is 0.338 e. The number of tetrazole rings is 1. The van der Waals surface area contributed by atoms with Gasteiger partial charge in [0.15, 0.2) is 0 Å². The number of aromatic nitrogens is 4. The molecule has 2 aromatic rings. The number of carbonyl (C=O) groups excluding carboxylic acids is 2. The van der Waals surface area contributed by atoms with E-state index in [0.717, 1.165) is 5.56 Å². The molecule has 0 bridgehead atoms. The second-order valence-corrected chi connectivity index (χ2v) is 5.12. The highest BCUT2D eigenvalue weighted by atomic mass is 16.5. The van der Waals surface area contributed by atoms with Crippen LogP contribution < -0.4 is 5.32 Å². The van der Waals surface area contributed by atoms with Crippen LogP contribution in [0.2, 0.25) is 0 Å². The predicted octanol–water partition coefficient (Wildman–Crippen LogP) is 0.922. The number of fused-ring (bicyclic) bond motifs is 1. The molecular weight excluding hydrogens is 314 g/mol. The lowest BCUT2D eigenvalue weighted by molar-refractivity contribution is -0.136. The van der Waals surface area contributed by atoms with Gasteiger partial charge in [-0.05, 0) is 35.0 Å². The average Bonchev–Trinajstić information content (AvgIpc) is 3.07. The lowest BCUT2D eigenvalue weighted by Gasteiger charge is -2.27. The summed E-state index contributed by atoms with van der Waals surface area (Å²) in [5.74, 6) is -0.500. The Labute approximate surface area is 137 Å². The maximum atomic E-state index is 12.2. The van der Waals surface area contributed by atoms with Gasteiger partial charge in [0.1, 0.15) is 6.04 Å². The lowest BCUT2D eigenvalue weighted by atomic mass is 9.95. The molecule has 1 aliphatic heterocycles. The van der Waals surface area contributed by atoms with Crippen LogP contribution in [0.1, 0.15) is 28.9 Å². The van der Waals surface area contributed by atoms with E-state index in [4.69, 9.17) is 4.74 Å². The van der Waals surface area contributed by atoms with E-state index in [-0.39, 0.29) is 0 Å². The molecular formula is C15H15N5O4. The Morgan fingerprint density at radius 1 is 1.12 bits per heavy atom. The fraction of sp³-hybridized carbons (Fsp3) is 0.267. The minimum atomic E-state index is -0.560. The van der Waals surface area contributed by atoms with Crippen molar-refractivity contribution in [2.24, 2.45) is 0 Å². The first-order valence-corrected chi connectivity index (χ1v) is 7.09. The van der Waals surface area contributed by atoms with Gasteiger partial charge in [-0.15, -0.1) is 0 Å². The predicted molar refractivity (Wildman–Crippen MR) is 82.1 cm³/mol. The summed E-state index contributed by atoms with van der Waals surface area (Å²) in [6.45, 7) is 1.75. The molecule has 0 aliphatic carbocycles. The Morgan fingerprint density at radius 2 is 1.79 bits per heavy atom. The average molecular weight is 329 g/mol. The number of rotatable bonds is 3. The van der Waals surface area contributed by atoms with Crippen LogP contribution in [-0.4, -0.2) is 46.4 Å². The van der Waals surface area contributed by atoms with Crippen molar-refractivity contribution in [1.82, 2.24) is 20.2 Å². The number of carbonyl (C=O) groups is 2. The normalized spacial score (nSPS) is 16.2. The molecule has 124 valence electrons. The van der Waals surface area contributed by atoms with Crippen LogP contribution in [0, 0.1) is 0 Å². The molecule has 9 nitrogen and oxygen atoms in total. The van der Waals surface area contributed by atoms with Crippen LogP contribution in [0.4, 0.5) is 5.95 Å². The van der Waals surface area contributed by atoms with Crippen molar-refractivity contribution in [3.8, 4) is 0 Å². The fourth-order valence-corrected chi connectivity index (χ4v) is 2.61. The molecule has 1 atom stereocenters. The Hall–Kier alpha value is -3.23. The summed E-state index contributed by atoms with van der Waals surface area (Å²) in [5.41, 5.74) is 2.14. The Bertz CT molecular complexity index is 825. The molecule has 0 saturated heterocycles. The molecule has 1 unspecified atom stereocenters.